The highest BCUT2D eigenvalue weighted by Crippen LogP contribution is 2.37. The van der Waals surface area contributed by atoms with Crippen LogP contribution in [0.3, 0.4) is 0 Å². The van der Waals surface area contributed by atoms with Crippen molar-refractivity contribution in [2.75, 3.05) is 37.7 Å². The molecular formula is C26H22ClF2N5O2. The highest BCUT2D eigenvalue weighted by Gasteiger charge is 2.27. The molecule has 5 rings (SSSR count). The Balaban J connectivity index is 1.61. The molecule has 3 heterocycles. The first-order valence-electron chi connectivity index (χ1n) is 11.4. The zero-order valence-corrected chi connectivity index (χ0v) is 20.2. The van der Waals surface area contributed by atoms with Crippen molar-refractivity contribution in [2.24, 2.45) is 0 Å². The lowest BCUT2D eigenvalue weighted by molar-refractivity contribution is -0.128. The van der Waals surface area contributed by atoms with Crippen molar-refractivity contribution in [2.45, 2.75) is 6.92 Å². The Kier molecular flexibility index (Phi) is 6.40. The molecule has 184 valence electrons. The van der Waals surface area contributed by atoms with Crippen molar-refractivity contribution in [3.05, 3.63) is 65.8 Å². The zero-order valence-electron chi connectivity index (χ0n) is 19.5. The molecule has 0 radical (unpaired) electrons. The highest BCUT2D eigenvalue weighted by molar-refractivity contribution is 6.36. The Morgan fingerprint density at radius 3 is 2.56 bits per heavy atom. The summed E-state index contributed by atoms with van der Waals surface area (Å²) in [6, 6.07) is 11.0. The molecule has 0 N–H and O–H groups in total. The summed E-state index contributed by atoms with van der Waals surface area (Å²) in [4.78, 5) is 28.5. The van der Waals surface area contributed by atoms with Gasteiger partial charge in [-0.1, -0.05) is 48.5 Å². The number of rotatable bonds is 5. The maximum Gasteiger partial charge on any atom is 0.319 e. The van der Waals surface area contributed by atoms with Gasteiger partial charge in [-0.2, -0.15) is 9.97 Å². The van der Waals surface area contributed by atoms with E-state index in [9.17, 15) is 9.18 Å². The molecule has 1 saturated heterocycles. The van der Waals surface area contributed by atoms with Crippen LogP contribution in [0.2, 0.25) is 5.02 Å². The summed E-state index contributed by atoms with van der Waals surface area (Å²) in [6.45, 7) is 6.41. The molecule has 1 amide bonds. The van der Waals surface area contributed by atoms with Gasteiger partial charge in [0.15, 0.2) is 11.6 Å². The number of benzene rings is 2. The molecule has 2 aromatic heterocycles. The number of fused-ring (bicyclic) bond motifs is 2. The molecule has 0 unspecified atom stereocenters. The van der Waals surface area contributed by atoms with Crippen LogP contribution in [0.5, 0.6) is 6.01 Å². The van der Waals surface area contributed by atoms with Gasteiger partial charge in [0.2, 0.25) is 0 Å². The van der Waals surface area contributed by atoms with Gasteiger partial charge in [0.1, 0.15) is 17.0 Å². The monoisotopic (exact) mass is 509 g/mol. The third-order valence-corrected chi connectivity index (χ3v) is 6.44. The number of nitrogens with zero attached hydrogens (tertiary/aromatic N) is 5. The van der Waals surface area contributed by atoms with E-state index in [1.165, 1.54) is 11.1 Å². The first kappa shape index (κ1) is 23.9. The predicted molar refractivity (Wildman–Crippen MR) is 135 cm³/mol. The van der Waals surface area contributed by atoms with Crippen molar-refractivity contribution < 1.29 is 18.3 Å². The van der Waals surface area contributed by atoms with Crippen molar-refractivity contribution in [1.82, 2.24) is 19.9 Å². The van der Waals surface area contributed by atoms with Crippen molar-refractivity contribution in [3.63, 3.8) is 0 Å². The fraction of sp³-hybridized carbons (Fsp3) is 0.231. The molecular weight excluding hydrogens is 488 g/mol. The molecule has 1 fully saturated rings. The van der Waals surface area contributed by atoms with Crippen LogP contribution in [-0.2, 0) is 4.79 Å². The molecule has 0 bridgehead atoms. The van der Waals surface area contributed by atoms with Crippen LogP contribution >= 0.6 is 11.6 Å². The van der Waals surface area contributed by atoms with Gasteiger partial charge in [0.25, 0.3) is 5.91 Å². The van der Waals surface area contributed by atoms with Gasteiger partial charge in [0, 0.05) is 48.3 Å². The molecule has 2 aromatic carbocycles. The number of hydrogen-bond acceptors (Lipinski definition) is 6. The van der Waals surface area contributed by atoms with E-state index in [0.29, 0.717) is 46.9 Å². The summed E-state index contributed by atoms with van der Waals surface area (Å²) >= 11 is 6.47. The Bertz CT molecular complexity index is 1500. The molecule has 10 heteroatoms. The number of piperazine rings is 1. The van der Waals surface area contributed by atoms with Gasteiger partial charge < -0.3 is 14.5 Å². The molecule has 0 saturated carbocycles. The average Bonchev–Trinajstić information content (AvgIpc) is 2.88. The summed E-state index contributed by atoms with van der Waals surface area (Å²) in [5.74, 6) is -1.92. The summed E-state index contributed by atoms with van der Waals surface area (Å²) in [5.41, 5.74) is 0.729. The van der Waals surface area contributed by atoms with Gasteiger partial charge in [0.05, 0.1) is 12.0 Å². The van der Waals surface area contributed by atoms with Crippen molar-refractivity contribution in [1.29, 1.82) is 0 Å². The number of carbonyl (C=O) groups excluding carboxylic acids is 1. The number of amides is 1. The minimum atomic E-state index is -0.998. The quantitative estimate of drug-likeness (QED) is 0.346. The molecule has 4 aromatic rings. The molecule has 0 aliphatic carbocycles. The van der Waals surface area contributed by atoms with E-state index >= 15 is 4.39 Å². The number of halogens is 3. The Hall–Kier alpha value is -3.85. The fourth-order valence-corrected chi connectivity index (χ4v) is 4.71. The Morgan fingerprint density at radius 1 is 1.14 bits per heavy atom. The van der Waals surface area contributed by atoms with Crippen LogP contribution in [0.1, 0.15) is 6.92 Å². The first-order chi connectivity index (χ1) is 17.4. The van der Waals surface area contributed by atoms with Gasteiger partial charge in [-0.15, -0.1) is 0 Å². The minimum Gasteiger partial charge on any atom is -0.464 e. The largest absolute Gasteiger partial charge is 0.464 e. The SMILES string of the molecule is C=C(F)C(=O)N1CCN(c2nc(OCC)nc3c(F)c(-c4cccc5cccc(Cl)c45)ncc23)CC1. The second-order valence-corrected chi connectivity index (χ2v) is 8.68. The maximum absolute atomic E-state index is 16.1. The third kappa shape index (κ3) is 4.19. The number of aromatic nitrogens is 3. The van der Waals surface area contributed by atoms with E-state index < -0.39 is 17.6 Å². The molecule has 7 nitrogen and oxygen atoms in total. The third-order valence-electron chi connectivity index (χ3n) is 6.12. The molecule has 0 atom stereocenters. The summed E-state index contributed by atoms with van der Waals surface area (Å²) in [5, 5.41) is 2.46. The van der Waals surface area contributed by atoms with Gasteiger partial charge in [-0.05, 0) is 18.4 Å². The number of pyridine rings is 1. The van der Waals surface area contributed by atoms with Gasteiger partial charge in [-0.25, -0.2) is 8.78 Å². The van der Waals surface area contributed by atoms with E-state index in [0.717, 1.165) is 5.39 Å². The van der Waals surface area contributed by atoms with Crippen LogP contribution < -0.4 is 9.64 Å². The normalized spacial score (nSPS) is 13.9. The second kappa shape index (κ2) is 9.66. The Labute approximate surface area is 211 Å². The number of carbonyl (C=O) groups is 1. The topological polar surface area (TPSA) is 71.5 Å². The zero-order chi connectivity index (χ0) is 25.4. The van der Waals surface area contributed by atoms with Crippen LogP contribution in [-0.4, -0.2) is 58.5 Å². The van der Waals surface area contributed by atoms with E-state index in [1.807, 2.05) is 29.2 Å². The summed E-state index contributed by atoms with van der Waals surface area (Å²) in [7, 11) is 0. The molecule has 36 heavy (non-hydrogen) atoms. The van der Waals surface area contributed by atoms with E-state index in [1.54, 1.807) is 19.1 Å². The van der Waals surface area contributed by atoms with Crippen molar-refractivity contribution in [3.8, 4) is 17.3 Å². The lowest BCUT2D eigenvalue weighted by atomic mass is 10.0. The highest BCUT2D eigenvalue weighted by atomic mass is 35.5. The number of anilines is 1. The minimum absolute atomic E-state index is 0.0302. The fourth-order valence-electron chi connectivity index (χ4n) is 4.43. The smallest absolute Gasteiger partial charge is 0.319 e. The first-order valence-corrected chi connectivity index (χ1v) is 11.8. The molecule has 0 spiro atoms. The van der Waals surface area contributed by atoms with E-state index in [-0.39, 0.29) is 30.3 Å². The second-order valence-electron chi connectivity index (χ2n) is 8.27. The molecule has 1 aliphatic rings. The molecule has 1 aliphatic heterocycles. The summed E-state index contributed by atoms with van der Waals surface area (Å²) < 4.78 is 34.9. The van der Waals surface area contributed by atoms with Gasteiger partial charge in [-0.3, -0.25) is 9.78 Å². The van der Waals surface area contributed by atoms with Crippen LogP contribution in [0.4, 0.5) is 14.6 Å². The average molecular weight is 510 g/mol. The number of ether oxygens (including phenoxy) is 1. The summed E-state index contributed by atoms with van der Waals surface area (Å²) in [6.07, 6.45) is 1.54. The standard InChI is InChI=1S/C26H22ClF2N5O2/c1-3-36-26-31-23-18(24(32-26)33-10-12-34(13-11-33)25(35)15(2)28)14-30-22(21(23)29)17-8-4-6-16-7-5-9-19(27)20(16)17/h4-9,14H,2-3,10-13H2,1H3. The van der Waals surface area contributed by atoms with Gasteiger partial charge >= 0.3 is 6.01 Å². The maximum atomic E-state index is 16.1. The Morgan fingerprint density at radius 2 is 1.86 bits per heavy atom. The lowest BCUT2D eigenvalue weighted by Gasteiger charge is -2.35. The lowest BCUT2D eigenvalue weighted by Crippen LogP contribution is -2.49. The van der Waals surface area contributed by atoms with Crippen molar-refractivity contribution >= 4 is 45.0 Å². The van der Waals surface area contributed by atoms with E-state index in [2.05, 4.69) is 21.5 Å². The van der Waals surface area contributed by atoms with Crippen LogP contribution in [0.25, 0.3) is 32.9 Å². The van der Waals surface area contributed by atoms with E-state index in [4.69, 9.17) is 16.3 Å². The predicted octanol–water partition coefficient (Wildman–Crippen LogP) is 5.17. The van der Waals surface area contributed by atoms with Crippen LogP contribution in [0.15, 0.2) is 55.0 Å². The number of hydrogen-bond donors (Lipinski definition) is 0. The van der Waals surface area contributed by atoms with Crippen LogP contribution in [0, 0.1) is 5.82 Å².